The van der Waals surface area contributed by atoms with E-state index in [1.807, 2.05) is 31.2 Å². The Hall–Kier alpha value is -2.08. The molecule has 0 atom stereocenters. The summed E-state index contributed by atoms with van der Waals surface area (Å²) in [6.45, 7) is 3.96. The molecule has 5 nitrogen and oxygen atoms in total. The van der Waals surface area contributed by atoms with E-state index < -0.39 is 0 Å². The van der Waals surface area contributed by atoms with Crippen LogP contribution < -0.4 is 5.73 Å². The molecule has 0 spiro atoms. The van der Waals surface area contributed by atoms with Crippen LogP contribution >= 0.6 is 11.8 Å². The van der Waals surface area contributed by atoms with Gasteiger partial charge in [-0.2, -0.15) is 9.50 Å². The molecule has 1 aromatic carbocycles. The van der Waals surface area contributed by atoms with Crippen LogP contribution in [0.5, 0.6) is 0 Å². The van der Waals surface area contributed by atoms with Gasteiger partial charge in [0.1, 0.15) is 10.9 Å². The van der Waals surface area contributed by atoms with Gasteiger partial charge in [0.2, 0.25) is 0 Å². The number of nitrogens with two attached hydrogens (primary N) is 1. The number of aromatic nitrogens is 4. The second-order valence-electron chi connectivity index (χ2n) is 4.48. The van der Waals surface area contributed by atoms with Gasteiger partial charge in [0.15, 0.2) is 0 Å². The van der Waals surface area contributed by atoms with E-state index in [1.54, 1.807) is 16.3 Å². The molecule has 0 saturated carbocycles. The van der Waals surface area contributed by atoms with Gasteiger partial charge in [0.25, 0.3) is 5.78 Å². The summed E-state index contributed by atoms with van der Waals surface area (Å²) >= 11 is 1.63. The van der Waals surface area contributed by atoms with E-state index in [-0.39, 0.29) is 0 Å². The molecule has 0 aliphatic rings. The van der Waals surface area contributed by atoms with E-state index in [1.165, 1.54) is 0 Å². The van der Waals surface area contributed by atoms with Crippen LogP contribution in [0.2, 0.25) is 0 Å². The lowest BCUT2D eigenvalue weighted by Crippen LogP contribution is -1.99. The summed E-state index contributed by atoms with van der Waals surface area (Å²) in [5, 5.41) is 5.41. The molecular formula is C14H15N5S. The molecule has 3 rings (SSSR count). The predicted octanol–water partition coefficient (Wildman–Crippen LogP) is 2.73. The van der Waals surface area contributed by atoms with Crippen molar-refractivity contribution >= 4 is 23.2 Å². The number of rotatable bonds is 3. The molecule has 0 aliphatic heterocycles. The number of fused-ring (bicyclic) bond motifs is 1. The number of hydrogen-bond donors (Lipinski definition) is 1. The lowest BCUT2D eigenvalue weighted by molar-refractivity contribution is 0.812. The quantitative estimate of drug-likeness (QED) is 0.592. The Balaban J connectivity index is 2.06. The molecule has 0 saturated heterocycles. The number of anilines is 1. The van der Waals surface area contributed by atoms with Gasteiger partial charge in [-0.15, -0.1) is 5.10 Å². The number of aryl methyl sites for hydroxylation is 2. The van der Waals surface area contributed by atoms with E-state index in [0.717, 1.165) is 33.5 Å². The molecule has 0 bridgehead atoms. The molecule has 0 radical (unpaired) electrons. The summed E-state index contributed by atoms with van der Waals surface area (Å²) < 4.78 is 1.79. The minimum absolute atomic E-state index is 0.653. The third-order valence-electron chi connectivity index (χ3n) is 2.90. The van der Waals surface area contributed by atoms with Gasteiger partial charge in [-0.05, 0) is 43.7 Å². The average Bonchev–Trinajstić information content (AvgIpc) is 2.81. The largest absolute Gasteiger partial charge is 0.399 e. The van der Waals surface area contributed by atoms with Crippen LogP contribution in [0.4, 0.5) is 5.69 Å². The van der Waals surface area contributed by atoms with Crippen molar-refractivity contribution in [3.63, 3.8) is 0 Å². The van der Waals surface area contributed by atoms with E-state index in [0.29, 0.717) is 5.78 Å². The highest BCUT2D eigenvalue weighted by atomic mass is 32.2. The summed E-state index contributed by atoms with van der Waals surface area (Å²) in [6, 6.07) is 9.85. The number of hydrogen-bond acceptors (Lipinski definition) is 5. The van der Waals surface area contributed by atoms with Crippen molar-refractivity contribution in [2.45, 2.75) is 30.2 Å². The van der Waals surface area contributed by atoms with E-state index in [9.17, 15) is 0 Å². The smallest absolute Gasteiger partial charge is 0.253 e. The van der Waals surface area contributed by atoms with Gasteiger partial charge in [-0.25, -0.2) is 4.98 Å². The minimum atomic E-state index is 0.653. The van der Waals surface area contributed by atoms with E-state index >= 15 is 0 Å². The lowest BCUT2D eigenvalue weighted by Gasteiger charge is -2.06. The van der Waals surface area contributed by atoms with Crippen molar-refractivity contribution in [2.24, 2.45) is 0 Å². The van der Waals surface area contributed by atoms with Crippen LogP contribution in [0, 0.1) is 6.92 Å². The number of nitrogen functional groups attached to an aromatic ring is 1. The molecule has 0 amide bonds. The standard InChI is InChI=1S/C14H15N5S/c1-3-11-8-13(19-14(17-11)16-9(2)18-19)20-12-6-4-10(15)5-7-12/h4-8H,3,15H2,1-2H3. The normalized spacial score (nSPS) is 11.1. The van der Waals surface area contributed by atoms with Gasteiger partial charge in [0.05, 0.1) is 0 Å². The highest BCUT2D eigenvalue weighted by Crippen LogP contribution is 2.28. The molecule has 3 aromatic rings. The molecule has 102 valence electrons. The molecule has 2 N–H and O–H groups in total. The zero-order valence-corrected chi connectivity index (χ0v) is 12.2. The first-order chi connectivity index (χ1) is 9.65. The summed E-state index contributed by atoms with van der Waals surface area (Å²) in [7, 11) is 0. The SMILES string of the molecule is CCc1cc(Sc2ccc(N)cc2)n2nc(C)nc2n1. The van der Waals surface area contributed by atoms with Crippen LogP contribution in [-0.4, -0.2) is 19.6 Å². The highest BCUT2D eigenvalue weighted by Gasteiger charge is 2.10. The Bertz CT molecular complexity index is 748. The highest BCUT2D eigenvalue weighted by molar-refractivity contribution is 7.99. The van der Waals surface area contributed by atoms with Crippen LogP contribution in [-0.2, 0) is 6.42 Å². The maximum absolute atomic E-state index is 5.71. The fourth-order valence-electron chi connectivity index (χ4n) is 1.90. The number of benzene rings is 1. The molecule has 20 heavy (non-hydrogen) atoms. The van der Waals surface area contributed by atoms with E-state index in [4.69, 9.17) is 5.73 Å². The van der Waals surface area contributed by atoms with Gasteiger partial charge < -0.3 is 5.73 Å². The Morgan fingerprint density at radius 3 is 2.65 bits per heavy atom. The predicted molar refractivity (Wildman–Crippen MR) is 79.9 cm³/mol. The van der Waals surface area contributed by atoms with Crippen molar-refractivity contribution in [3.8, 4) is 0 Å². The molecule has 2 heterocycles. The van der Waals surface area contributed by atoms with Gasteiger partial charge in [-0.3, -0.25) is 0 Å². The summed E-state index contributed by atoms with van der Waals surface area (Å²) in [5.74, 6) is 1.38. The average molecular weight is 285 g/mol. The summed E-state index contributed by atoms with van der Waals surface area (Å²) in [6.07, 6.45) is 0.873. The van der Waals surface area contributed by atoms with Gasteiger partial charge >= 0.3 is 0 Å². The second kappa shape index (κ2) is 5.13. The van der Waals surface area contributed by atoms with Crippen LogP contribution in [0.3, 0.4) is 0 Å². The summed E-state index contributed by atoms with van der Waals surface area (Å²) in [4.78, 5) is 9.95. The maximum atomic E-state index is 5.71. The van der Waals surface area contributed by atoms with Gasteiger partial charge in [0, 0.05) is 16.3 Å². The Labute approximate surface area is 121 Å². The van der Waals surface area contributed by atoms with Gasteiger partial charge in [-0.1, -0.05) is 18.7 Å². The second-order valence-corrected chi connectivity index (χ2v) is 5.57. The fraction of sp³-hybridized carbons (Fsp3) is 0.214. The molecule has 0 unspecified atom stereocenters. The van der Waals surface area contributed by atoms with Crippen molar-refractivity contribution in [2.75, 3.05) is 5.73 Å². The fourth-order valence-corrected chi connectivity index (χ4v) is 2.82. The van der Waals surface area contributed by atoms with Crippen LogP contribution in [0.15, 0.2) is 40.3 Å². The number of nitrogens with zero attached hydrogens (tertiary/aromatic N) is 4. The molecule has 2 aromatic heterocycles. The first-order valence-electron chi connectivity index (χ1n) is 6.42. The maximum Gasteiger partial charge on any atom is 0.253 e. The first-order valence-corrected chi connectivity index (χ1v) is 7.24. The van der Waals surface area contributed by atoms with Crippen molar-refractivity contribution in [3.05, 3.63) is 41.9 Å². The van der Waals surface area contributed by atoms with Crippen molar-refractivity contribution < 1.29 is 0 Å². The van der Waals surface area contributed by atoms with Crippen LogP contribution in [0.25, 0.3) is 5.78 Å². The molecule has 0 aliphatic carbocycles. The molecule has 0 fully saturated rings. The first kappa shape index (κ1) is 12.9. The zero-order valence-electron chi connectivity index (χ0n) is 11.4. The van der Waals surface area contributed by atoms with E-state index in [2.05, 4.69) is 28.1 Å². The Morgan fingerprint density at radius 1 is 1.20 bits per heavy atom. The third-order valence-corrected chi connectivity index (χ3v) is 3.91. The molecular weight excluding hydrogens is 270 g/mol. The monoisotopic (exact) mass is 285 g/mol. The van der Waals surface area contributed by atoms with Crippen LogP contribution in [0.1, 0.15) is 18.4 Å². The Kier molecular flexibility index (Phi) is 3.31. The topological polar surface area (TPSA) is 69.1 Å². The van der Waals surface area contributed by atoms with Crippen molar-refractivity contribution in [1.82, 2.24) is 19.6 Å². The summed E-state index contributed by atoms with van der Waals surface area (Å²) in [5.41, 5.74) is 7.49. The molecule has 6 heteroatoms. The van der Waals surface area contributed by atoms with Crippen molar-refractivity contribution in [1.29, 1.82) is 0 Å². The Morgan fingerprint density at radius 2 is 1.95 bits per heavy atom. The minimum Gasteiger partial charge on any atom is -0.399 e. The lowest BCUT2D eigenvalue weighted by atomic mass is 10.3. The third kappa shape index (κ3) is 2.46. The zero-order chi connectivity index (χ0) is 14.1.